The first-order valence-corrected chi connectivity index (χ1v) is 6.74. The molecule has 98 valence electrons. The Hall–Kier alpha value is -1.97. The predicted octanol–water partition coefficient (Wildman–Crippen LogP) is 2.25. The Balaban J connectivity index is 1.64. The van der Waals surface area contributed by atoms with Crippen LogP contribution >= 0.6 is 0 Å². The van der Waals surface area contributed by atoms with Crippen LogP contribution in [0.2, 0.25) is 0 Å². The highest BCUT2D eigenvalue weighted by molar-refractivity contribution is 5.40. The number of aryl methyl sites for hydroxylation is 1. The van der Waals surface area contributed by atoms with Gasteiger partial charge in [-0.15, -0.1) is 0 Å². The van der Waals surface area contributed by atoms with Gasteiger partial charge in [0.25, 0.3) is 0 Å². The van der Waals surface area contributed by atoms with Crippen molar-refractivity contribution >= 4 is 5.82 Å². The van der Waals surface area contributed by atoms with Gasteiger partial charge in [0, 0.05) is 37.2 Å². The second kappa shape index (κ2) is 5.34. The summed E-state index contributed by atoms with van der Waals surface area (Å²) in [6, 6.07) is 6.23. The third kappa shape index (κ3) is 2.89. The van der Waals surface area contributed by atoms with E-state index in [1.54, 1.807) is 6.33 Å². The van der Waals surface area contributed by atoms with E-state index in [-0.39, 0.29) is 0 Å². The molecule has 0 bridgehead atoms. The largest absolute Gasteiger partial charge is 0.356 e. The lowest BCUT2D eigenvalue weighted by atomic mass is 10.0. The average Bonchev–Trinajstić information content (AvgIpc) is 2.88. The molecule has 1 saturated heterocycles. The molecule has 0 spiro atoms. The molecule has 3 rings (SSSR count). The van der Waals surface area contributed by atoms with Crippen molar-refractivity contribution < 1.29 is 0 Å². The topological polar surface area (TPSA) is 41.9 Å². The van der Waals surface area contributed by atoms with Crippen molar-refractivity contribution in [3.63, 3.8) is 0 Å². The van der Waals surface area contributed by atoms with Crippen molar-refractivity contribution in [1.29, 1.82) is 0 Å². The third-order valence-corrected chi connectivity index (χ3v) is 3.65. The van der Waals surface area contributed by atoms with Gasteiger partial charge >= 0.3 is 0 Å². The summed E-state index contributed by atoms with van der Waals surface area (Å²) < 4.78 is 0. The zero-order valence-electron chi connectivity index (χ0n) is 11.2. The van der Waals surface area contributed by atoms with E-state index in [2.05, 4.69) is 32.0 Å². The van der Waals surface area contributed by atoms with Crippen LogP contribution in [0.4, 0.5) is 5.82 Å². The molecule has 0 aromatic carbocycles. The molecule has 19 heavy (non-hydrogen) atoms. The normalized spacial score (nSPS) is 18.8. The molecule has 0 amide bonds. The van der Waals surface area contributed by atoms with Crippen LogP contribution in [-0.2, 0) is 6.42 Å². The van der Waals surface area contributed by atoms with Crippen LogP contribution in [0.1, 0.15) is 17.7 Å². The number of pyridine rings is 1. The lowest BCUT2D eigenvalue weighted by molar-refractivity contribution is 0.585. The van der Waals surface area contributed by atoms with Crippen molar-refractivity contribution in [3.8, 4) is 0 Å². The molecule has 4 heteroatoms. The first-order valence-electron chi connectivity index (χ1n) is 6.74. The summed E-state index contributed by atoms with van der Waals surface area (Å²) in [7, 11) is 0. The number of aromatic nitrogens is 3. The molecule has 0 saturated carbocycles. The first kappa shape index (κ1) is 12.1. The highest BCUT2D eigenvalue weighted by Gasteiger charge is 2.23. The molecule has 2 aromatic rings. The summed E-state index contributed by atoms with van der Waals surface area (Å²) in [6.45, 7) is 4.17. The average molecular weight is 254 g/mol. The zero-order valence-corrected chi connectivity index (χ0v) is 11.2. The van der Waals surface area contributed by atoms with Gasteiger partial charge < -0.3 is 4.90 Å². The molecule has 1 aliphatic rings. The van der Waals surface area contributed by atoms with E-state index in [1.807, 2.05) is 25.4 Å². The standard InChI is InChI=1S/C15H18N4/c1-12-7-15(18-11-17-12)19-6-4-14(10-19)8-13-3-2-5-16-9-13/h2-3,5,7,9,11,14H,4,6,8,10H2,1H3. The molecule has 0 N–H and O–H groups in total. The maximum Gasteiger partial charge on any atom is 0.132 e. The fourth-order valence-electron chi connectivity index (χ4n) is 2.67. The molecule has 3 heterocycles. The molecule has 0 aliphatic carbocycles. The summed E-state index contributed by atoms with van der Waals surface area (Å²) in [4.78, 5) is 15.1. The van der Waals surface area contributed by atoms with Crippen LogP contribution < -0.4 is 4.90 Å². The van der Waals surface area contributed by atoms with Gasteiger partial charge in [0.05, 0.1) is 0 Å². The van der Waals surface area contributed by atoms with Gasteiger partial charge in [-0.3, -0.25) is 4.98 Å². The minimum atomic E-state index is 0.694. The minimum Gasteiger partial charge on any atom is -0.356 e. The SMILES string of the molecule is Cc1cc(N2CCC(Cc3cccnc3)C2)ncn1. The maximum absolute atomic E-state index is 4.37. The monoisotopic (exact) mass is 254 g/mol. The van der Waals surface area contributed by atoms with E-state index in [0.717, 1.165) is 31.0 Å². The fourth-order valence-corrected chi connectivity index (χ4v) is 2.67. The fraction of sp³-hybridized carbons (Fsp3) is 0.400. The first-order chi connectivity index (χ1) is 9.31. The second-order valence-corrected chi connectivity index (χ2v) is 5.18. The Bertz CT molecular complexity index is 541. The molecule has 2 aromatic heterocycles. The van der Waals surface area contributed by atoms with Crippen LogP contribution in [0.25, 0.3) is 0 Å². The van der Waals surface area contributed by atoms with Crippen LogP contribution in [0, 0.1) is 12.8 Å². The Kier molecular flexibility index (Phi) is 3.40. The van der Waals surface area contributed by atoms with E-state index < -0.39 is 0 Å². The number of rotatable bonds is 3. The summed E-state index contributed by atoms with van der Waals surface area (Å²) in [5, 5.41) is 0. The smallest absolute Gasteiger partial charge is 0.132 e. The van der Waals surface area contributed by atoms with Gasteiger partial charge in [-0.05, 0) is 37.3 Å². The van der Waals surface area contributed by atoms with E-state index in [4.69, 9.17) is 0 Å². The molecule has 1 aliphatic heterocycles. The Morgan fingerprint density at radius 1 is 1.37 bits per heavy atom. The molecule has 0 radical (unpaired) electrons. The third-order valence-electron chi connectivity index (χ3n) is 3.65. The lowest BCUT2D eigenvalue weighted by Gasteiger charge is -2.17. The number of hydrogen-bond donors (Lipinski definition) is 0. The second-order valence-electron chi connectivity index (χ2n) is 5.18. The maximum atomic E-state index is 4.37. The summed E-state index contributed by atoms with van der Waals surface area (Å²) in [5.41, 5.74) is 2.36. The Morgan fingerprint density at radius 3 is 3.11 bits per heavy atom. The van der Waals surface area contributed by atoms with Gasteiger partial charge in [-0.2, -0.15) is 0 Å². The van der Waals surface area contributed by atoms with Gasteiger partial charge in [0.1, 0.15) is 12.1 Å². The van der Waals surface area contributed by atoms with E-state index >= 15 is 0 Å². The molecule has 1 fully saturated rings. The Labute approximate surface area is 113 Å². The quantitative estimate of drug-likeness (QED) is 0.842. The van der Waals surface area contributed by atoms with Crippen LogP contribution in [0.5, 0.6) is 0 Å². The lowest BCUT2D eigenvalue weighted by Crippen LogP contribution is -2.21. The molecule has 1 unspecified atom stereocenters. The van der Waals surface area contributed by atoms with Gasteiger partial charge in [0.15, 0.2) is 0 Å². The summed E-state index contributed by atoms with van der Waals surface area (Å²) >= 11 is 0. The van der Waals surface area contributed by atoms with Gasteiger partial charge in [0.2, 0.25) is 0 Å². The van der Waals surface area contributed by atoms with Crippen molar-refractivity contribution in [3.05, 3.63) is 48.2 Å². The van der Waals surface area contributed by atoms with Crippen LogP contribution in [0.15, 0.2) is 36.9 Å². The van der Waals surface area contributed by atoms with Crippen molar-refractivity contribution in [2.75, 3.05) is 18.0 Å². The molecular weight excluding hydrogens is 236 g/mol. The zero-order chi connectivity index (χ0) is 13.1. The van der Waals surface area contributed by atoms with E-state index in [1.165, 1.54) is 12.0 Å². The summed E-state index contributed by atoms with van der Waals surface area (Å²) in [5.74, 6) is 1.75. The number of anilines is 1. The molecule has 4 nitrogen and oxygen atoms in total. The van der Waals surface area contributed by atoms with E-state index in [0.29, 0.717) is 5.92 Å². The Morgan fingerprint density at radius 2 is 2.32 bits per heavy atom. The van der Waals surface area contributed by atoms with Crippen molar-refractivity contribution in [2.24, 2.45) is 5.92 Å². The van der Waals surface area contributed by atoms with Crippen molar-refractivity contribution in [2.45, 2.75) is 19.8 Å². The highest BCUT2D eigenvalue weighted by Crippen LogP contribution is 2.24. The van der Waals surface area contributed by atoms with Gasteiger partial charge in [-0.1, -0.05) is 6.07 Å². The molecule has 1 atom stereocenters. The number of nitrogens with zero attached hydrogens (tertiary/aromatic N) is 4. The number of hydrogen-bond acceptors (Lipinski definition) is 4. The summed E-state index contributed by atoms with van der Waals surface area (Å²) in [6.07, 6.45) is 7.77. The van der Waals surface area contributed by atoms with Crippen molar-refractivity contribution in [1.82, 2.24) is 15.0 Å². The van der Waals surface area contributed by atoms with E-state index in [9.17, 15) is 0 Å². The molecular formula is C15H18N4. The predicted molar refractivity (Wildman–Crippen MR) is 75.0 cm³/mol. The minimum absolute atomic E-state index is 0.694. The highest BCUT2D eigenvalue weighted by atomic mass is 15.2. The van der Waals surface area contributed by atoms with Crippen LogP contribution in [-0.4, -0.2) is 28.0 Å². The van der Waals surface area contributed by atoms with Crippen LogP contribution in [0.3, 0.4) is 0 Å². The van der Waals surface area contributed by atoms with Gasteiger partial charge in [-0.25, -0.2) is 9.97 Å².